The highest BCUT2D eigenvalue weighted by molar-refractivity contribution is 7.99. The number of hydrogen-bond acceptors (Lipinski definition) is 7. The molecule has 8 heteroatoms. The molecule has 0 saturated heterocycles. The average Bonchev–Trinajstić information content (AvgIpc) is 2.99. The lowest BCUT2D eigenvalue weighted by Crippen LogP contribution is -2.40. The summed E-state index contributed by atoms with van der Waals surface area (Å²) in [5, 5.41) is 13.8. The van der Waals surface area contributed by atoms with E-state index in [2.05, 4.69) is 41.6 Å². The number of nitrogens with one attached hydrogen (secondary N) is 2. The third-order valence-corrected chi connectivity index (χ3v) is 4.22. The number of hydrogen-bond donors (Lipinski definition) is 2. The molecule has 0 aliphatic heterocycles. The Balaban J connectivity index is 2.77. The SMILES string of the molecule is CNCCSc1nnc(C(=O)[C@H](C=C(C)C)NC(=O)CCC(C)(C)C)o1. The van der Waals surface area contributed by atoms with Gasteiger partial charge in [-0.15, -0.1) is 10.2 Å². The van der Waals surface area contributed by atoms with E-state index in [0.29, 0.717) is 11.6 Å². The van der Waals surface area contributed by atoms with Gasteiger partial charge in [0.05, 0.1) is 0 Å². The Kier molecular flexibility index (Phi) is 9.01. The van der Waals surface area contributed by atoms with Gasteiger partial charge in [0.1, 0.15) is 6.04 Å². The molecular weight excluding hydrogens is 352 g/mol. The zero-order chi connectivity index (χ0) is 19.7. The molecule has 0 saturated carbocycles. The molecule has 1 atom stereocenters. The van der Waals surface area contributed by atoms with Gasteiger partial charge >= 0.3 is 0 Å². The van der Waals surface area contributed by atoms with E-state index in [0.717, 1.165) is 24.3 Å². The van der Waals surface area contributed by atoms with Crippen molar-refractivity contribution in [2.45, 2.75) is 58.7 Å². The van der Waals surface area contributed by atoms with Gasteiger partial charge < -0.3 is 15.1 Å². The van der Waals surface area contributed by atoms with Crippen molar-refractivity contribution in [1.29, 1.82) is 0 Å². The lowest BCUT2D eigenvalue weighted by molar-refractivity contribution is -0.121. The minimum Gasteiger partial charge on any atom is -0.408 e. The minimum absolute atomic E-state index is 0.0549. The Labute approximate surface area is 159 Å². The second kappa shape index (κ2) is 10.5. The molecule has 1 aromatic heterocycles. The van der Waals surface area contributed by atoms with Crippen molar-refractivity contribution < 1.29 is 14.0 Å². The molecule has 7 nitrogen and oxygen atoms in total. The van der Waals surface area contributed by atoms with Crippen LogP contribution in [0, 0.1) is 5.41 Å². The fraction of sp³-hybridized carbons (Fsp3) is 0.667. The first-order valence-electron chi connectivity index (χ1n) is 8.72. The minimum atomic E-state index is -0.803. The molecule has 1 heterocycles. The number of allylic oxidation sites excluding steroid dienone is 1. The highest BCUT2D eigenvalue weighted by atomic mass is 32.2. The number of carbonyl (C=O) groups is 2. The lowest BCUT2D eigenvalue weighted by Gasteiger charge is -2.19. The molecule has 0 bridgehead atoms. The van der Waals surface area contributed by atoms with Crippen molar-refractivity contribution in [2.75, 3.05) is 19.3 Å². The van der Waals surface area contributed by atoms with Crippen LogP contribution in [0.15, 0.2) is 21.3 Å². The zero-order valence-corrected chi connectivity index (χ0v) is 17.3. The van der Waals surface area contributed by atoms with E-state index >= 15 is 0 Å². The zero-order valence-electron chi connectivity index (χ0n) is 16.5. The van der Waals surface area contributed by atoms with Crippen molar-refractivity contribution in [1.82, 2.24) is 20.8 Å². The third kappa shape index (κ3) is 8.62. The molecular formula is C18H30N4O3S. The fourth-order valence-corrected chi connectivity index (χ4v) is 2.71. The summed E-state index contributed by atoms with van der Waals surface area (Å²) in [6.07, 6.45) is 2.80. The first-order chi connectivity index (χ1) is 12.1. The largest absolute Gasteiger partial charge is 0.408 e. The Morgan fingerprint density at radius 2 is 1.96 bits per heavy atom. The number of rotatable bonds is 10. The normalized spacial score (nSPS) is 12.5. The van der Waals surface area contributed by atoms with Crippen molar-refractivity contribution in [3.8, 4) is 0 Å². The summed E-state index contributed by atoms with van der Waals surface area (Å²) in [7, 11) is 1.86. The molecule has 1 aromatic rings. The standard InChI is InChI=1S/C18H30N4O3S/c1-12(2)11-13(20-14(23)7-8-18(3,4)5)15(24)16-21-22-17(25-16)26-10-9-19-6/h11,13,19H,7-10H2,1-6H3,(H,20,23)/t13-/m0/s1. The van der Waals surface area contributed by atoms with Gasteiger partial charge in [0.15, 0.2) is 0 Å². The monoisotopic (exact) mass is 382 g/mol. The van der Waals surface area contributed by atoms with E-state index in [-0.39, 0.29) is 17.2 Å². The average molecular weight is 383 g/mol. The molecule has 0 radical (unpaired) electrons. The summed E-state index contributed by atoms with van der Waals surface area (Å²) in [5.74, 6) is 0.102. The van der Waals surface area contributed by atoms with Gasteiger partial charge in [-0.05, 0) is 32.7 Å². The lowest BCUT2D eigenvalue weighted by atomic mass is 9.90. The Morgan fingerprint density at radius 3 is 2.54 bits per heavy atom. The van der Waals surface area contributed by atoms with Crippen molar-refractivity contribution in [3.63, 3.8) is 0 Å². The third-order valence-electron chi connectivity index (χ3n) is 3.40. The summed E-state index contributed by atoms with van der Waals surface area (Å²) in [5.41, 5.74) is 0.974. The summed E-state index contributed by atoms with van der Waals surface area (Å²) in [4.78, 5) is 24.9. The Bertz CT molecular complexity index is 631. The molecule has 0 aliphatic rings. The Hall–Kier alpha value is -1.67. The molecule has 1 amide bonds. The number of aromatic nitrogens is 2. The second-order valence-electron chi connectivity index (χ2n) is 7.54. The van der Waals surface area contributed by atoms with E-state index in [1.54, 1.807) is 6.08 Å². The van der Waals surface area contributed by atoms with Crippen LogP contribution < -0.4 is 10.6 Å². The number of carbonyl (C=O) groups excluding carboxylic acids is 2. The maximum absolute atomic E-state index is 12.7. The van der Waals surface area contributed by atoms with E-state index in [4.69, 9.17) is 4.42 Å². The van der Waals surface area contributed by atoms with E-state index in [1.807, 2.05) is 20.9 Å². The molecule has 0 spiro atoms. The molecule has 0 fully saturated rings. The fourth-order valence-electron chi connectivity index (χ4n) is 1.99. The number of Topliss-reactive ketones (excluding diaryl/α,β-unsaturated/α-hetero) is 1. The summed E-state index contributed by atoms with van der Waals surface area (Å²) >= 11 is 1.38. The molecule has 0 aromatic carbocycles. The van der Waals surface area contributed by atoms with Gasteiger partial charge in [-0.25, -0.2) is 0 Å². The van der Waals surface area contributed by atoms with E-state index in [9.17, 15) is 9.59 Å². The first kappa shape index (κ1) is 22.4. The number of amides is 1. The van der Waals surface area contributed by atoms with Gasteiger partial charge in [0.25, 0.3) is 11.1 Å². The first-order valence-corrected chi connectivity index (χ1v) is 9.70. The van der Waals surface area contributed by atoms with Crippen LogP contribution in [0.4, 0.5) is 0 Å². The van der Waals surface area contributed by atoms with Crippen LogP contribution in [0.25, 0.3) is 0 Å². The predicted octanol–water partition coefficient (Wildman–Crippen LogP) is 2.84. The van der Waals surface area contributed by atoms with E-state index in [1.165, 1.54) is 11.8 Å². The van der Waals surface area contributed by atoms with Gasteiger partial charge in [-0.3, -0.25) is 9.59 Å². The van der Waals surface area contributed by atoms with Crippen LogP contribution >= 0.6 is 11.8 Å². The van der Waals surface area contributed by atoms with Crippen molar-refractivity contribution >= 4 is 23.5 Å². The van der Waals surface area contributed by atoms with Gasteiger partial charge in [-0.2, -0.15) is 0 Å². The molecule has 0 aliphatic carbocycles. The number of thioether (sulfide) groups is 1. The highest BCUT2D eigenvalue weighted by Crippen LogP contribution is 2.20. The number of ketones is 1. The highest BCUT2D eigenvalue weighted by Gasteiger charge is 2.26. The van der Waals surface area contributed by atoms with Gasteiger partial charge in [0.2, 0.25) is 11.7 Å². The van der Waals surface area contributed by atoms with Crippen LogP contribution in [0.2, 0.25) is 0 Å². The van der Waals surface area contributed by atoms with Crippen molar-refractivity contribution in [3.05, 3.63) is 17.5 Å². The van der Waals surface area contributed by atoms with Gasteiger partial charge in [-0.1, -0.05) is 44.2 Å². The second-order valence-corrected chi connectivity index (χ2v) is 8.59. The number of nitrogens with zero attached hydrogens (tertiary/aromatic N) is 2. The summed E-state index contributed by atoms with van der Waals surface area (Å²) < 4.78 is 5.43. The topological polar surface area (TPSA) is 97.1 Å². The summed E-state index contributed by atoms with van der Waals surface area (Å²) in [6, 6.07) is -0.803. The molecule has 1 rings (SSSR count). The van der Waals surface area contributed by atoms with Crippen LogP contribution in [0.3, 0.4) is 0 Å². The Morgan fingerprint density at radius 1 is 1.27 bits per heavy atom. The van der Waals surface area contributed by atoms with Crippen molar-refractivity contribution in [2.24, 2.45) is 5.41 Å². The molecule has 0 unspecified atom stereocenters. The smallest absolute Gasteiger partial charge is 0.287 e. The van der Waals surface area contributed by atoms with Crippen LogP contribution in [0.1, 0.15) is 58.1 Å². The molecule has 2 N–H and O–H groups in total. The van der Waals surface area contributed by atoms with Crippen LogP contribution in [-0.4, -0.2) is 47.3 Å². The maximum atomic E-state index is 12.7. The van der Waals surface area contributed by atoms with Crippen LogP contribution in [0.5, 0.6) is 0 Å². The van der Waals surface area contributed by atoms with Gasteiger partial charge in [0, 0.05) is 18.7 Å². The molecule has 146 valence electrons. The predicted molar refractivity (Wildman–Crippen MR) is 103 cm³/mol. The van der Waals surface area contributed by atoms with Crippen LogP contribution in [-0.2, 0) is 4.79 Å². The quantitative estimate of drug-likeness (QED) is 0.278. The maximum Gasteiger partial charge on any atom is 0.287 e. The van der Waals surface area contributed by atoms with E-state index < -0.39 is 11.8 Å². The summed E-state index contributed by atoms with van der Waals surface area (Å²) in [6.45, 7) is 10.8. The molecule has 26 heavy (non-hydrogen) atoms.